The van der Waals surface area contributed by atoms with Crippen LogP contribution in [0.3, 0.4) is 0 Å². The second kappa shape index (κ2) is 6.02. The van der Waals surface area contributed by atoms with Crippen molar-refractivity contribution >= 4 is 21.8 Å². The van der Waals surface area contributed by atoms with E-state index in [0.717, 1.165) is 29.7 Å². The molecule has 2 heterocycles. The van der Waals surface area contributed by atoms with Crippen molar-refractivity contribution in [3.8, 4) is 0 Å². The number of amides is 1. The highest BCUT2D eigenvalue weighted by Crippen LogP contribution is 2.20. The molecule has 1 aromatic heterocycles. The van der Waals surface area contributed by atoms with Crippen LogP contribution >= 0.6 is 15.9 Å². The molecule has 0 radical (unpaired) electrons. The maximum atomic E-state index is 12.2. The Bertz CT molecular complexity index is 646. The van der Waals surface area contributed by atoms with E-state index in [1.165, 1.54) is 5.56 Å². The zero-order valence-corrected chi connectivity index (χ0v) is 13.6. The maximum absolute atomic E-state index is 12.2. The summed E-state index contributed by atoms with van der Waals surface area (Å²) in [5, 5.41) is 4.25. The zero-order valence-electron chi connectivity index (χ0n) is 12.0. The third-order valence-electron chi connectivity index (χ3n) is 3.79. The van der Waals surface area contributed by atoms with E-state index in [0.29, 0.717) is 12.3 Å². The SMILES string of the molecule is Cc1cccc(CC(=O)N2CC(Cn3cc(Br)cn3)C2)c1. The van der Waals surface area contributed by atoms with Gasteiger partial charge >= 0.3 is 0 Å². The largest absolute Gasteiger partial charge is 0.342 e. The van der Waals surface area contributed by atoms with E-state index < -0.39 is 0 Å². The summed E-state index contributed by atoms with van der Waals surface area (Å²) < 4.78 is 2.92. The lowest BCUT2D eigenvalue weighted by atomic mass is 9.98. The van der Waals surface area contributed by atoms with E-state index in [4.69, 9.17) is 0 Å². The van der Waals surface area contributed by atoms with Gasteiger partial charge in [-0.1, -0.05) is 29.8 Å². The minimum Gasteiger partial charge on any atom is -0.342 e. The number of aryl methyl sites for hydroxylation is 1. The number of rotatable bonds is 4. The summed E-state index contributed by atoms with van der Waals surface area (Å²) in [5.41, 5.74) is 2.30. The molecular formula is C16H18BrN3O. The van der Waals surface area contributed by atoms with E-state index in [9.17, 15) is 4.79 Å². The van der Waals surface area contributed by atoms with Crippen molar-refractivity contribution in [1.82, 2.24) is 14.7 Å². The molecule has 0 bridgehead atoms. The fourth-order valence-electron chi connectivity index (χ4n) is 2.70. The normalized spacial score (nSPS) is 15.0. The Morgan fingerprint density at radius 1 is 1.43 bits per heavy atom. The van der Waals surface area contributed by atoms with Crippen LogP contribution in [0.25, 0.3) is 0 Å². The molecule has 110 valence electrons. The van der Waals surface area contributed by atoms with Crippen molar-refractivity contribution in [3.05, 3.63) is 52.3 Å². The minimum atomic E-state index is 0.221. The first-order valence-corrected chi connectivity index (χ1v) is 7.91. The molecule has 0 saturated carbocycles. The van der Waals surface area contributed by atoms with Crippen molar-refractivity contribution in [3.63, 3.8) is 0 Å². The molecule has 1 amide bonds. The number of benzene rings is 1. The van der Waals surface area contributed by atoms with Gasteiger partial charge in [0.05, 0.1) is 17.1 Å². The lowest BCUT2D eigenvalue weighted by Gasteiger charge is -2.39. The summed E-state index contributed by atoms with van der Waals surface area (Å²) in [5.74, 6) is 0.733. The first-order chi connectivity index (χ1) is 10.1. The zero-order chi connectivity index (χ0) is 14.8. The summed E-state index contributed by atoms with van der Waals surface area (Å²) in [6, 6.07) is 8.15. The van der Waals surface area contributed by atoms with Crippen molar-refractivity contribution in [2.45, 2.75) is 19.9 Å². The van der Waals surface area contributed by atoms with Crippen LogP contribution in [0.1, 0.15) is 11.1 Å². The van der Waals surface area contributed by atoms with Crippen LogP contribution < -0.4 is 0 Å². The van der Waals surface area contributed by atoms with E-state index in [-0.39, 0.29) is 5.91 Å². The van der Waals surface area contributed by atoms with Gasteiger partial charge in [0.2, 0.25) is 5.91 Å². The molecule has 1 aliphatic heterocycles. The molecule has 21 heavy (non-hydrogen) atoms. The molecule has 4 nitrogen and oxygen atoms in total. The van der Waals surface area contributed by atoms with Crippen molar-refractivity contribution in [2.75, 3.05) is 13.1 Å². The Kier molecular flexibility index (Phi) is 4.10. The number of halogens is 1. The molecule has 3 rings (SSSR count). The van der Waals surface area contributed by atoms with Gasteiger partial charge in [-0.15, -0.1) is 0 Å². The van der Waals surface area contributed by atoms with Crippen molar-refractivity contribution < 1.29 is 4.79 Å². The molecular weight excluding hydrogens is 330 g/mol. The average Bonchev–Trinajstić information content (AvgIpc) is 2.79. The molecule has 0 N–H and O–H groups in total. The highest BCUT2D eigenvalue weighted by Gasteiger charge is 2.30. The molecule has 1 aliphatic rings. The van der Waals surface area contributed by atoms with Crippen LogP contribution in [0.5, 0.6) is 0 Å². The average molecular weight is 348 g/mol. The van der Waals surface area contributed by atoms with Gasteiger partial charge in [0.1, 0.15) is 0 Å². The van der Waals surface area contributed by atoms with Crippen LogP contribution in [0.2, 0.25) is 0 Å². The van der Waals surface area contributed by atoms with Gasteiger partial charge < -0.3 is 4.90 Å². The van der Waals surface area contributed by atoms with Crippen molar-refractivity contribution in [1.29, 1.82) is 0 Å². The third-order valence-corrected chi connectivity index (χ3v) is 4.20. The second-order valence-corrected chi connectivity index (χ2v) is 6.63. The van der Waals surface area contributed by atoms with Gasteiger partial charge in [0.25, 0.3) is 0 Å². The number of hydrogen-bond donors (Lipinski definition) is 0. The highest BCUT2D eigenvalue weighted by molar-refractivity contribution is 9.10. The number of nitrogens with zero attached hydrogens (tertiary/aromatic N) is 3. The fourth-order valence-corrected chi connectivity index (χ4v) is 3.03. The van der Waals surface area contributed by atoms with Gasteiger partial charge in [0.15, 0.2) is 0 Å². The fraction of sp³-hybridized carbons (Fsp3) is 0.375. The number of hydrogen-bond acceptors (Lipinski definition) is 2. The summed E-state index contributed by atoms with van der Waals surface area (Å²) in [6.07, 6.45) is 4.26. The Hall–Kier alpha value is -1.62. The van der Waals surface area contributed by atoms with Crippen LogP contribution in [-0.2, 0) is 17.8 Å². The lowest BCUT2D eigenvalue weighted by Crippen LogP contribution is -2.51. The van der Waals surface area contributed by atoms with E-state index in [1.807, 2.05) is 27.9 Å². The standard InChI is InChI=1S/C16H18BrN3O/c1-12-3-2-4-13(5-12)6-16(21)19-8-14(9-19)10-20-11-15(17)7-18-20/h2-5,7,11,14H,6,8-10H2,1H3. The summed E-state index contributed by atoms with van der Waals surface area (Å²) in [6.45, 7) is 4.60. The van der Waals surface area contributed by atoms with Gasteiger partial charge in [-0.2, -0.15) is 5.10 Å². The lowest BCUT2D eigenvalue weighted by molar-refractivity contribution is -0.137. The first-order valence-electron chi connectivity index (χ1n) is 7.11. The van der Waals surface area contributed by atoms with Crippen LogP contribution in [0.15, 0.2) is 41.1 Å². The number of carbonyl (C=O) groups excluding carboxylic acids is 1. The van der Waals surface area contributed by atoms with E-state index in [2.05, 4.69) is 40.1 Å². The summed E-state index contributed by atoms with van der Waals surface area (Å²) in [4.78, 5) is 14.1. The highest BCUT2D eigenvalue weighted by atomic mass is 79.9. The molecule has 0 atom stereocenters. The third kappa shape index (κ3) is 3.53. The van der Waals surface area contributed by atoms with Gasteiger partial charge in [-0.25, -0.2) is 0 Å². The van der Waals surface area contributed by atoms with Gasteiger partial charge in [0, 0.05) is 31.7 Å². The Morgan fingerprint density at radius 2 is 2.24 bits per heavy atom. The minimum absolute atomic E-state index is 0.221. The predicted molar refractivity (Wildman–Crippen MR) is 84.9 cm³/mol. The van der Waals surface area contributed by atoms with Crippen LogP contribution in [0.4, 0.5) is 0 Å². The van der Waals surface area contributed by atoms with Crippen LogP contribution in [-0.4, -0.2) is 33.7 Å². The second-order valence-electron chi connectivity index (χ2n) is 5.71. The molecule has 2 aromatic rings. The molecule has 1 aromatic carbocycles. The van der Waals surface area contributed by atoms with E-state index in [1.54, 1.807) is 6.20 Å². The van der Waals surface area contributed by atoms with Gasteiger partial charge in [-0.3, -0.25) is 9.48 Å². The van der Waals surface area contributed by atoms with Crippen LogP contribution in [0, 0.1) is 12.8 Å². The quantitative estimate of drug-likeness (QED) is 0.852. The predicted octanol–water partition coefficient (Wildman–Crippen LogP) is 2.66. The number of likely N-dealkylation sites (tertiary alicyclic amines) is 1. The van der Waals surface area contributed by atoms with Gasteiger partial charge in [-0.05, 0) is 28.4 Å². The smallest absolute Gasteiger partial charge is 0.227 e. The Labute approximate surface area is 132 Å². The summed E-state index contributed by atoms with van der Waals surface area (Å²) in [7, 11) is 0. The topological polar surface area (TPSA) is 38.1 Å². The number of carbonyl (C=O) groups is 1. The van der Waals surface area contributed by atoms with Crippen molar-refractivity contribution in [2.24, 2.45) is 5.92 Å². The summed E-state index contributed by atoms with van der Waals surface area (Å²) >= 11 is 3.39. The van der Waals surface area contributed by atoms with E-state index >= 15 is 0 Å². The molecule has 0 spiro atoms. The molecule has 1 saturated heterocycles. The Balaban J connectivity index is 1.48. The molecule has 0 unspecified atom stereocenters. The molecule has 1 fully saturated rings. The number of aromatic nitrogens is 2. The molecule has 5 heteroatoms. The monoisotopic (exact) mass is 347 g/mol. The molecule has 0 aliphatic carbocycles. The first kappa shape index (κ1) is 14.3. The maximum Gasteiger partial charge on any atom is 0.227 e. The Morgan fingerprint density at radius 3 is 2.90 bits per heavy atom.